The molecule has 1 radical (unpaired) electrons. The van der Waals surface area contributed by atoms with E-state index in [1.54, 1.807) is 0 Å². The Morgan fingerprint density at radius 3 is 1.91 bits per heavy atom. The third-order valence-corrected chi connectivity index (χ3v) is 1.54. The molecule has 0 bridgehead atoms. The molecule has 0 aliphatic heterocycles. The highest BCUT2D eigenvalue weighted by Crippen LogP contribution is 1.87. The predicted molar refractivity (Wildman–Crippen MR) is 47.1 cm³/mol. The van der Waals surface area contributed by atoms with Gasteiger partial charge in [-0.1, -0.05) is 0 Å². The maximum absolute atomic E-state index is 6.97. The SMILES string of the molecule is [NH]CCCN(CCN)CCN. The Morgan fingerprint density at radius 2 is 1.55 bits per heavy atom. The molecule has 0 saturated carbocycles. The molecule has 0 aromatic carbocycles. The maximum atomic E-state index is 6.97. The van der Waals surface area contributed by atoms with Crippen molar-refractivity contribution in [2.24, 2.45) is 11.5 Å². The maximum Gasteiger partial charge on any atom is 0.0112 e. The summed E-state index contributed by atoms with van der Waals surface area (Å²) in [4.78, 5) is 2.20. The Bertz CT molecular complexity index is 70.8. The van der Waals surface area contributed by atoms with Crippen LogP contribution in [0.4, 0.5) is 0 Å². The van der Waals surface area contributed by atoms with E-state index < -0.39 is 0 Å². The van der Waals surface area contributed by atoms with Crippen molar-refractivity contribution >= 4 is 0 Å². The Labute approximate surface area is 68.7 Å². The first-order valence-electron chi connectivity index (χ1n) is 4.12. The molecule has 11 heavy (non-hydrogen) atoms. The van der Waals surface area contributed by atoms with Gasteiger partial charge in [0.05, 0.1) is 0 Å². The van der Waals surface area contributed by atoms with E-state index in [1.807, 2.05) is 0 Å². The lowest BCUT2D eigenvalue weighted by molar-refractivity contribution is 0.286. The molecule has 4 nitrogen and oxygen atoms in total. The number of nitrogens with two attached hydrogens (primary N) is 2. The van der Waals surface area contributed by atoms with E-state index in [9.17, 15) is 0 Å². The van der Waals surface area contributed by atoms with Gasteiger partial charge < -0.3 is 16.4 Å². The molecule has 0 spiro atoms. The third-order valence-electron chi connectivity index (χ3n) is 1.54. The van der Waals surface area contributed by atoms with Crippen molar-refractivity contribution in [3.05, 3.63) is 0 Å². The first-order valence-corrected chi connectivity index (χ1v) is 4.12. The molecule has 0 atom stereocenters. The second kappa shape index (κ2) is 7.94. The van der Waals surface area contributed by atoms with Gasteiger partial charge in [-0.25, -0.2) is 0 Å². The van der Waals surface area contributed by atoms with E-state index >= 15 is 0 Å². The molecule has 0 aliphatic carbocycles. The van der Waals surface area contributed by atoms with Crippen molar-refractivity contribution in [3.8, 4) is 0 Å². The molecule has 0 saturated heterocycles. The number of hydrogen-bond donors (Lipinski definition) is 2. The number of nitrogens with zero attached hydrogens (tertiary/aromatic N) is 1. The summed E-state index contributed by atoms with van der Waals surface area (Å²) in [6.07, 6.45) is 0.917. The first kappa shape index (κ1) is 10.8. The monoisotopic (exact) mass is 159 g/mol. The number of nitrogens with one attached hydrogen (secondary N) is 1. The normalized spacial score (nSPS) is 10.9. The molecule has 0 rings (SSSR count). The summed E-state index contributed by atoms with van der Waals surface area (Å²) in [5, 5.41) is 0. The first-order chi connectivity index (χ1) is 5.35. The van der Waals surface area contributed by atoms with E-state index in [-0.39, 0.29) is 0 Å². The lowest BCUT2D eigenvalue weighted by Crippen LogP contribution is -2.35. The molecule has 0 heterocycles. The molecule has 0 amide bonds. The minimum atomic E-state index is 0.492. The molecular formula is C7H19N4. The van der Waals surface area contributed by atoms with Crippen molar-refractivity contribution in [2.45, 2.75) is 6.42 Å². The van der Waals surface area contributed by atoms with Gasteiger partial charge in [-0.05, 0) is 13.0 Å². The zero-order valence-corrected chi connectivity index (χ0v) is 7.05. The van der Waals surface area contributed by atoms with Crippen LogP contribution < -0.4 is 17.2 Å². The molecule has 0 unspecified atom stereocenters. The molecular weight excluding hydrogens is 140 g/mol. The highest BCUT2D eigenvalue weighted by atomic mass is 15.1. The summed E-state index contributed by atoms with van der Waals surface area (Å²) >= 11 is 0. The van der Waals surface area contributed by atoms with Crippen molar-refractivity contribution in [2.75, 3.05) is 39.3 Å². The molecule has 0 aromatic rings. The third kappa shape index (κ3) is 6.25. The quantitative estimate of drug-likeness (QED) is 0.494. The summed E-state index contributed by atoms with van der Waals surface area (Å²) in [5.41, 5.74) is 17.8. The molecule has 0 aromatic heterocycles. The predicted octanol–water partition coefficient (Wildman–Crippen LogP) is -1.12. The van der Waals surface area contributed by atoms with Gasteiger partial charge in [-0.2, -0.15) is 0 Å². The number of hydrogen-bond acceptors (Lipinski definition) is 3. The zero-order chi connectivity index (χ0) is 8.53. The smallest absolute Gasteiger partial charge is 0.0112 e. The van der Waals surface area contributed by atoms with Crippen LogP contribution in [0.5, 0.6) is 0 Å². The molecule has 67 valence electrons. The van der Waals surface area contributed by atoms with Gasteiger partial charge in [0.2, 0.25) is 0 Å². The summed E-state index contributed by atoms with van der Waals surface area (Å²) in [7, 11) is 0. The summed E-state index contributed by atoms with van der Waals surface area (Å²) in [6.45, 7) is 4.61. The standard InChI is InChI=1S/C7H19N4/c8-2-1-5-11(6-3-9)7-4-10/h8H,1-7,9-10H2. The largest absolute Gasteiger partial charge is 0.329 e. The van der Waals surface area contributed by atoms with Crippen molar-refractivity contribution in [3.63, 3.8) is 0 Å². The molecule has 5 N–H and O–H groups in total. The Morgan fingerprint density at radius 1 is 1.00 bits per heavy atom. The van der Waals surface area contributed by atoms with Crippen LogP contribution in [-0.4, -0.2) is 44.2 Å². The van der Waals surface area contributed by atoms with Crippen LogP contribution in [-0.2, 0) is 0 Å². The second-order valence-electron chi connectivity index (χ2n) is 2.52. The summed E-state index contributed by atoms with van der Waals surface area (Å²) in [6, 6.07) is 0. The summed E-state index contributed by atoms with van der Waals surface area (Å²) < 4.78 is 0. The average Bonchev–Trinajstić information content (AvgIpc) is 2.01. The second-order valence-corrected chi connectivity index (χ2v) is 2.52. The van der Waals surface area contributed by atoms with E-state index in [1.165, 1.54) is 0 Å². The Hall–Kier alpha value is -0.160. The fourth-order valence-electron chi connectivity index (χ4n) is 1.00. The number of rotatable bonds is 7. The van der Waals surface area contributed by atoms with Crippen LogP contribution in [0.25, 0.3) is 0 Å². The van der Waals surface area contributed by atoms with Crippen LogP contribution in [0.2, 0.25) is 0 Å². The van der Waals surface area contributed by atoms with Crippen molar-refractivity contribution in [1.29, 1.82) is 0 Å². The van der Waals surface area contributed by atoms with Crippen LogP contribution in [0.3, 0.4) is 0 Å². The van der Waals surface area contributed by atoms with Crippen LogP contribution >= 0.6 is 0 Å². The highest BCUT2D eigenvalue weighted by molar-refractivity contribution is 4.58. The van der Waals surface area contributed by atoms with E-state index in [0.29, 0.717) is 19.6 Å². The highest BCUT2D eigenvalue weighted by Gasteiger charge is 2.00. The van der Waals surface area contributed by atoms with E-state index in [0.717, 1.165) is 26.1 Å². The lowest BCUT2D eigenvalue weighted by Gasteiger charge is -2.19. The van der Waals surface area contributed by atoms with Gasteiger partial charge in [-0.15, -0.1) is 0 Å². The average molecular weight is 159 g/mol. The van der Waals surface area contributed by atoms with Crippen molar-refractivity contribution < 1.29 is 0 Å². The van der Waals surface area contributed by atoms with Crippen LogP contribution in [0.1, 0.15) is 6.42 Å². The van der Waals surface area contributed by atoms with Gasteiger partial charge in [0.15, 0.2) is 0 Å². The van der Waals surface area contributed by atoms with Gasteiger partial charge in [0, 0.05) is 32.7 Å². The fourth-order valence-corrected chi connectivity index (χ4v) is 1.00. The molecule has 0 fully saturated rings. The molecule has 4 heteroatoms. The summed E-state index contributed by atoms with van der Waals surface area (Å²) in [5.74, 6) is 0. The fraction of sp³-hybridized carbons (Fsp3) is 1.00. The minimum Gasteiger partial charge on any atom is -0.329 e. The Balaban J connectivity index is 3.34. The lowest BCUT2D eigenvalue weighted by atomic mass is 10.3. The Kier molecular flexibility index (Phi) is 7.83. The van der Waals surface area contributed by atoms with Gasteiger partial charge >= 0.3 is 0 Å². The minimum absolute atomic E-state index is 0.492. The van der Waals surface area contributed by atoms with Crippen molar-refractivity contribution in [1.82, 2.24) is 10.6 Å². The topological polar surface area (TPSA) is 79.1 Å². The van der Waals surface area contributed by atoms with Crippen LogP contribution in [0.15, 0.2) is 0 Å². The van der Waals surface area contributed by atoms with E-state index in [4.69, 9.17) is 17.2 Å². The van der Waals surface area contributed by atoms with Crippen LogP contribution in [0, 0.1) is 0 Å². The molecule has 0 aliphatic rings. The van der Waals surface area contributed by atoms with E-state index in [2.05, 4.69) is 4.90 Å². The van der Waals surface area contributed by atoms with Gasteiger partial charge in [0.25, 0.3) is 0 Å². The van der Waals surface area contributed by atoms with Gasteiger partial charge in [0.1, 0.15) is 0 Å². The zero-order valence-electron chi connectivity index (χ0n) is 7.05. The van der Waals surface area contributed by atoms with Gasteiger partial charge in [-0.3, -0.25) is 5.73 Å².